The van der Waals surface area contributed by atoms with Crippen LogP contribution in [-0.4, -0.2) is 15.0 Å². The molecule has 0 saturated carbocycles. The van der Waals surface area contributed by atoms with E-state index < -0.39 is 10.1 Å². The first-order chi connectivity index (χ1) is 11.9. The fourth-order valence-electron chi connectivity index (χ4n) is 2.45. The second-order valence-corrected chi connectivity index (χ2v) is 7.43. The number of halogens is 2. The topological polar surface area (TPSA) is 52.6 Å². The van der Waals surface area contributed by atoms with E-state index in [9.17, 15) is 8.42 Å². The van der Waals surface area contributed by atoms with Gasteiger partial charge in [-0.25, -0.2) is 0 Å². The smallest absolute Gasteiger partial charge is 0.339 e. The number of hydrogen-bond donors (Lipinski definition) is 0. The summed E-state index contributed by atoms with van der Waals surface area (Å²) in [5.41, 5.74) is 0. The van der Waals surface area contributed by atoms with Crippen LogP contribution in [0.4, 0.5) is 0 Å². The number of fused-ring (bicyclic) bond motifs is 1. The third-order valence-electron chi connectivity index (χ3n) is 3.53. The molecular weight excluding hydrogens is 383 g/mol. The predicted octanol–water partition coefficient (Wildman–Crippen LogP) is 5.31. The number of hydrogen-bond acceptors (Lipinski definition) is 4. The Morgan fingerprint density at radius 2 is 1.60 bits per heavy atom. The first-order valence-electron chi connectivity index (χ1n) is 7.47. The Balaban J connectivity index is 2.12. The van der Waals surface area contributed by atoms with Gasteiger partial charge in [0.25, 0.3) is 0 Å². The van der Waals surface area contributed by atoms with Crippen molar-refractivity contribution in [2.24, 2.45) is 0 Å². The van der Waals surface area contributed by atoms with Crippen LogP contribution < -0.4 is 8.92 Å². The quantitative estimate of drug-likeness (QED) is 0.548. The zero-order chi connectivity index (χ0) is 18.0. The summed E-state index contributed by atoms with van der Waals surface area (Å²) in [6.45, 7) is 2.34. The van der Waals surface area contributed by atoms with E-state index in [0.717, 1.165) is 0 Å². The van der Waals surface area contributed by atoms with Gasteiger partial charge in [-0.2, -0.15) is 8.42 Å². The summed E-state index contributed by atoms with van der Waals surface area (Å²) in [6.07, 6.45) is 0. The maximum absolute atomic E-state index is 12.8. The van der Waals surface area contributed by atoms with Gasteiger partial charge < -0.3 is 8.92 Å². The van der Waals surface area contributed by atoms with Gasteiger partial charge in [-0.05, 0) is 31.2 Å². The summed E-state index contributed by atoms with van der Waals surface area (Å²) >= 11 is 11.9. The molecule has 0 fully saturated rings. The highest BCUT2D eigenvalue weighted by molar-refractivity contribution is 7.87. The van der Waals surface area contributed by atoms with Crippen molar-refractivity contribution < 1.29 is 17.3 Å². The molecular formula is C18H14Cl2O4S. The highest BCUT2D eigenvalue weighted by Gasteiger charge is 2.23. The van der Waals surface area contributed by atoms with E-state index in [1.54, 1.807) is 36.4 Å². The van der Waals surface area contributed by atoms with Crippen molar-refractivity contribution in [1.82, 2.24) is 0 Å². The van der Waals surface area contributed by atoms with Gasteiger partial charge in [0.2, 0.25) is 0 Å². The van der Waals surface area contributed by atoms with Crippen molar-refractivity contribution in [3.05, 3.63) is 64.6 Å². The van der Waals surface area contributed by atoms with Crippen molar-refractivity contribution in [2.75, 3.05) is 6.61 Å². The van der Waals surface area contributed by atoms with Gasteiger partial charge in [-0.3, -0.25) is 0 Å². The molecule has 7 heteroatoms. The molecule has 25 heavy (non-hydrogen) atoms. The molecule has 0 saturated heterocycles. The summed E-state index contributed by atoms with van der Waals surface area (Å²) in [7, 11) is -4.11. The zero-order valence-electron chi connectivity index (χ0n) is 13.2. The standard InChI is InChI=1S/C18H14Cl2O4S/c1-2-23-15-10-11-17(13-7-4-3-6-12(13)15)25(21,22)24-16-9-5-8-14(19)18(16)20/h3-11H,2H2,1H3. The van der Waals surface area contributed by atoms with Crippen molar-refractivity contribution in [3.8, 4) is 11.5 Å². The van der Waals surface area contributed by atoms with Crippen LogP contribution in [0.25, 0.3) is 10.8 Å². The Morgan fingerprint density at radius 3 is 2.32 bits per heavy atom. The van der Waals surface area contributed by atoms with Gasteiger partial charge in [0.15, 0.2) is 5.75 Å². The minimum atomic E-state index is -4.11. The lowest BCUT2D eigenvalue weighted by Crippen LogP contribution is -2.11. The predicted molar refractivity (Wildman–Crippen MR) is 99.4 cm³/mol. The number of benzene rings is 3. The molecule has 0 bridgehead atoms. The maximum Gasteiger partial charge on any atom is 0.339 e. The largest absolute Gasteiger partial charge is 0.493 e. The molecule has 0 atom stereocenters. The molecule has 0 spiro atoms. The van der Waals surface area contributed by atoms with Gasteiger partial charge in [0, 0.05) is 10.8 Å². The van der Waals surface area contributed by atoms with Crippen molar-refractivity contribution >= 4 is 44.1 Å². The van der Waals surface area contributed by atoms with Crippen LogP contribution in [0.15, 0.2) is 59.5 Å². The molecule has 0 aromatic heterocycles. The molecule has 0 aliphatic carbocycles. The second-order valence-electron chi connectivity index (χ2n) is 5.13. The lowest BCUT2D eigenvalue weighted by Gasteiger charge is -2.13. The SMILES string of the molecule is CCOc1ccc(S(=O)(=O)Oc2cccc(Cl)c2Cl)c2ccccc12. The van der Waals surface area contributed by atoms with Gasteiger partial charge in [-0.1, -0.05) is 53.5 Å². The van der Waals surface area contributed by atoms with E-state index in [1.165, 1.54) is 12.1 Å². The summed E-state index contributed by atoms with van der Waals surface area (Å²) in [6, 6.07) is 14.7. The Bertz CT molecular complexity index is 1030. The monoisotopic (exact) mass is 396 g/mol. The van der Waals surface area contributed by atoms with Crippen molar-refractivity contribution in [3.63, 3.8) is 0 Å². The molecule has 4 nitrogen and oxygen atoms in total. The fourth-order valence-corrected chi connectivity index (χ4v) is 3.98. The molecule has 0 heterocycles. The molecule has 3 aromatic rings. The lowest BCUT2D eigenvalue weighted by molar-refractivity contribution is 0.344. The van der Waals surface area contributed by atoms with E-state index in [-0.39, 0.29) is 20.7 Å². The first-order valence-corrected chi connectivity index (χ1v) is 9.63. The molecule has 0 aliphatic heterocycles. The van der Waals surface area contributed by atoms with Crippen LogP contribution in [-0.2, 0) is 10.1 Å². The van der Waals surface area contributed by atoms with Crippen molar-refractivity contribution in [2.45, 2.75) is 11.8 Å². The molecule has 0 unspecified atom stereocenters. The molecule has 0 aliphatic rings. The van der Waals surface area contributed by atoms with E-state index in [4.69, 9.17) is 32.1 Å². The Labute approximate surface area is 156 Å². The summed E-state index contributed by atoms with van der Waals surface area (Å²) in [4.78, 5) is 0.0302. The third-order valence-corrected chi connectivity index (χ3v) is 5.62. The van der Waals surface area contributed by atoms with Crippen molar-refractivity contribution in [1.29, 1.82) is 0 Å². The van der Waals surface area contributed by atoms with Crippen LogP contribution >= 0.6 is 23.2 Å². The lowest BCUT2D eigenvalue weighted by atomic mass is 10.1. The highest BCUT2D eigenvalue weighted by atomic mass is 35.5. The van der Waals surface area contributed by atoms with Crippen LogP contribution in [0, 0.1) is 0 Å². The molecule has 3 rings (SSSR count). The van der Waals surface area contributed by atoms with E-state index >= 15 is 0 Å². The number of ether oxygens (including phenoxy) is 1. The van der Waals surface area contributed by atoms with Crippen LogP contribution in [0.5, 0.6) is 11.5 Å². The van der Waals surface area contributed by atoms with Gasteiger partial charge in [0.1, 0.15) is 15.7 Å². The summed E-state index contributed by atoms with van der Waals surface area (Å²) < 4.78 is 36.4. The molecule has 3 aromatic carbocycles. The molecule has 0 radical (unpaired) electrons. The van der Waals surface area contributed by atoms with E-state index in [1.807, 2.05) is 13.0 Å². The Morgan fingerprint density at radius 1 is 0.880 bits per heavy atom. The van der Waals surface area contributed by atoms with Gasteiger partial charge >= 0.3 is 10.1 Å². The highest BCUT2D eigenvalue weighted by Crippen LogP contribution is 2.36. The molecule has 0 amide bonds. The Hall–Kier alpha value is -1.95. The van der Waals surface area contributed by atoms with Crippen LogP contribution in [0.3, 0.4) is 0 Å². The van der Waals surface area contributed by atoms with Crippen LogP contribution in [0.2, 0.25) is 10.0 Å². The maximum atomic E-state index is 12.8. The number of rotatable bonds is 5. The molecule has 130 valence electrons. The summed E-state index contributed by atoms with van der Waals surface area (Å²) in [5.74, 6) is 0.588. The third kappa shape index (κ3) is 3.54. The van der Waals surface area contributed by atoms with E-state index in [0.29, 0.717) is 23.1 Å². The van der Waals surface area contributed by atoms with Gasteiger partial charge in [0.05, 0.1) is 11.6 Å². The normalized spacial score (nSPS) is 11.5. The fraction of sp³-hybridized carbons (Fsp3) is 0.111. The minimum Gasteiger partial charge on any atom is -0.493 e. The zero-order valence-corrected chi connectivity index (χ0v) is 15.5. The second kappa shape index (κ2) is 7.12. The Kier molecular flexibility index (Phi) is 5.08. The first kappa shape index (κ1) is 17.9. The average Bonchev–Trinajstić information content (AvgIpc) is 2.59. The van der Waals surface area contributed by atoms with Crippen LogP contribution in [0.1, 0.15) is 6.92 Å². The van der Waals surface area contributed by atoms with E-state index in [2.05, 4.69) is 0 Å². The molecule has 0 N–H and O–H groups in total. The summed E-state index contributed by atoms with van der Waals surface area (Å²) in [5, 5.41) is 1.45. The average molecular weight is 397 g/mol. The minimum absolute atomic E-state index is 0.0212. The van der Waals surface area contributed by atoms with Gasteiger partial charge in [-0.15, -0.1) is 0 Å².